The van der Waals surface area contributed by atoms with E-state index in [1.54, 1.807) is 12.1 Å². The Morgan fingerprint density at radius 3 is 2.85 bits per heavy atom. The summed E-state index contributed by atoms with van der Waals surface area (Å²) in [7, 11) is 0. The SMILES string of the molecule is CC1(C)CCC(n2nnnc2-c2ccc(N)c(F)c2)C1. The Kier molecular flexibility index (Phi) is 2.96. The topological polar surface area (TPSA) is 69.6 Å². The summed E-state index contributed by atoms with van der Waals surface area (Å²) in [6.07, 6.45) is 3.22. The van der Waals surface area contributed by atoms with Crippen LogP contribution in [-0.4, -0.2) is 20.2 Å². The van der Waals surface area contributed by atoms with Gasteiger partial charge in [-0.1, -0.05) is 13.8 Å². The molecule has 2 aromatic rings. The zero-order valence-corrected chi connectivity index (χ0v) is 11.7. The van der Waals surface area contributed by atoms with E-state index in [1.165, 1.54) is 6.07 Å². The molecule has 0 spiro atoms. The van der Waals surface area contributed by atoms with Crippen LogP contribution < -0.4 is 5.73 Å². The normalized spacial score (nSPS) is 21.2. The number of aromatic nitrogens is 4. The first-order valence-corrected chi connectivity index (χ1v) is 6.79. The van der Waals surface area contributed by atoms with E-state index in [2.05, 4.69) is 29.4 Å². The van der Waals surface area contributed by atoms with Gasteiger partial charge >= 0.3 is 0 Å². The van der Waals surface area contributed by atoms with Crippen molar-refractivity contribution in [2.24, 2.45) is 5.41 Å². The highest BCUT2D eigenvalue weighted by Gasteiger charge is 2.34. The van der Waals surface area contributed by atoms with Crippen LogP contribution in [0, 0.1) is 11.2 Å². The molecule has 106 valence electrons. The average molecular weight is 275 g/mol. The largest absolute Gasteiger partial charge is 0.396 e. The summed E-state index contributed by atoms with van der Waals surface area (Å²) in [5.74, 6) is 0.162. The van der Waals surface area contributed by atoms with Gasteiger partial charge < -0.3 is 5.73 Å². The summed E-state index contributed by atoms with van der Waals surface area (Å²) in [4.78, 5) is 0. The fourth-order valence-corrected chi connectivity index (χ4v) is 2.90. The lowest BCUT2D eigenvalue weighted by Crippen LogP contribution is -2.12. The molecule has 3 rings (SSSR count). The summed E-state index contributed by atoms with van der Waals surface area (Å²) in [6, 6.07) is 4.95. The Morgan fingerprint density at radius 2 is 2.20 bits per heavy atom. The molecule has 1 atom stereocenters. The molecule has 2 N–H and O–H groups in total. The maximum absolute atomic E-state index is 13.6. The van der Waals surface area contributed by atoms with Crippen LogP contribution in [-0.2, 0) is 0 Å². The summed E-state index contributed by atoms with van der Waals surface area (Å²) in [5, 5.41) is 11.9. The minimum atomic E-state index is -0.441. The minimum Gasteiger partial charge on any atom is -0.396 e. The van der Waals surface area contributed by atoms with Gasteiger partial charge in [0.25, 0.3) is 0 Å². The standard InChI is InChI=1S/C14H18FN5/c1-14(2)6-5-10(8-14)20-13(17-18-19-20)9-3-4-12(16)11(15)7-9/h3-4,7,10H,5-6,8,16H2,1-2H3. The predicted molar refractivity (Wildman–Crippen MR) is 74.3 cm³/mol. The van der Waals surface area contributed by atoms with Crippen LogP contribution in [0.3, 0.4) is 0 Å². The Hall–Kier alpha value is -1.98. The molecule has 1 aliphatic carbocycles. The van der Waals surface area contributed by atoms with Gasteiger partial charge in [-0.15, -0.1) is 5.10 Å². The molecule has 0 saturated heterocycles. The highest BCUT2D eigenvalue weighted by Crippen LogP contribution is 2.44. The number of rotatable bonds is 2. The molecule has 1 aromatic carbocycles. The molecule has 6 heteroatoms. The molecule has 1 fully saturated rings. The van der Waals surface area contributed by atoms with Gasteiger partial charge in [-0.2, -0.15) is 0 Å². The number of hydrogen-bond donors (Lipinski definition) is 1. The molecule has 0 bridgehead atoms. The molecule has 1 aromatic heterocycles. The van der Waals surface area contributed by atoms with Crippen molar-refractivity contribution >= 4 is 5.69 Å². The molecule has 5 nitrogen and oxygen atoms in total. The zero-order valence-electron chi connectivity index (χ0n) is 11.7. The van der Waals surface area contributed by atoms with Crippen LogP contribution in [0.2, 0.25) is 0 Å². The first-order chi connectivity index (χ1) is 9.46. The van der Waals surface area contributed by atoms with E-state index in [-0.39, 0.29) is 11.7 Å². The fraction of sp³-hybridized carbons (Fsp3) is 0.500. The van der Waals surface area contributed by atoms with Crippen molar-refractivity contribution in [3.8, 4) is 11.4 Å². The minimum absolute atomic E-state index is 0.134. The van der Waals surface area contributed by atoms with Crippen molar-refractivity contribution in [2.75, 3.05) is 5.73 Å². The van der Waals surface area contributed by atoms with E-state index >= 15 is 0 Å². The van der Waals surface area contributed by atoms with E-state index in [0.717, 1.165) is 19.3 Å². The van der Waals surface area contributed by atoms with Crippen molar-refractivity contribution in [3.05, 3.63) is 24.0 Å². The average Bonchev–Trinajstić information content (AvgIpc) is 2.98. The molecule has 0 radical (unpaired) electrons. The first kappa shape index (κ1) is 13.0. The summed E-state index contributed by atoms with van der Waals surface area (Å²) >= 11 is 0. The highest BCUT2D eigenvalue weighted by molar-refractivity contribution is 5.59. The summed E-state index contributed by atoms with van der Waals surface area (Å²) < 4.78 is 15.4. The Morgan fingerprint density at radius 1 is 1.40 bits per heavy atom. The number of halogens is 1. The monoisotopic (exact) mass is 275 g/mol. The molecule has 0 aliphatic heterocycles. The van der Waals surface area contributed by atoms with Crippen LogP contribution in [0.5, 0.6) is 0 Å². The molecule has 20 heavy (non-hydrogen) atoms. The smallest absolute Gasteiger partial charge is 0.182 e. The highest BCUT2D eigenvalue weighted by atomic mass is 19.1. The zero-order chi connectivity index (χ0) is 14.3. The molecule has 1 saturated carbocycles. The predicted octanol–water partition coefficient (Wildman–Crippen LogP) is 2.81. The quantitative estimate of drug-likeness (QED) is 0.856. The Balaban J connectivity index is 1.96. The van der Waals surface area contributed by atoms with E-state index in [9.17, 15) is 4.39 Å². The van der Waals surface area contributed by atoms with Crippen LogP contribution in [0.25, 0.3) is 11.4 Å². The third-order valence-corrected chi connectivity index (χ3v) is 4.04. The number of tetrazole rings is 1. The lowest BCUT2D eigenvalue weighted by atomic mass is 9.92. The van der Waals surface area contributed by atoms with Crippen LogP contribution in [0.1, 0.15) is 39.2 Å². The van der Waals surface area contributed by atoms with Gasteiger partial charge in [0.15, 0.2) is 5.82 Å². The molecular formula is C14H18FN5. The maximum atomic E-state index is 13.6. The number of nitrogen functional groups attached to an aromatic ring is 1. The van der Waals surface area contributed by atoms with Gasteiger partial charge in [0.1, 0.15) is 5.82 Å². The Labute approximate surface area is 117 Å². The Bertz CT molecular complexity index is 634. The number of nitrogens with zero attached hydrogens (tertiary/aromatic N) is 4. The second-order valence-electron chi connectivity index (χ2n) is 6.24. The number of anilines is 1. The summed E-state index contributed by atoms with van der Waals surface area (Å²) in [5.41, 5.74) is 6.60. The van der Waals surface area contributed by atoms with E-state index in [4.69, 9.17) is 5.73 Å². The van der Waals surface area contributed by atoms with Crippen molar-refractivity contribution < 1.29 is 4.39 Å². The third kappa shape index (κ3) is 2.26. The van der Waals surface area contributed by atoms with Crippen LogP contribution in [0.4, 0.5) is 10.1 Å². The van der Waals surface area contributed by atoms with Gasteiger partial charge in [-0.05, 0) is 53.3 Å². The lowest BCUT2D eigenvalue weighted by Gasteiger charge is -2.17. The van der Waals surface area contributed by atoms with Crippen LogP contribution in [0.15, 0.2) is 18.2 Å². The molecule has 1 heterocycles. The second-order valence-corrected chi connectivity index (χ2v) is 6.24. The molecule has 0 amide bonds. The maximum Gasteiger partial charge on any atom is 0.182 e. The van der Waals surface area contributed by atoms with Crippen molar-refractivity contribution in [3.63, 3.8) is 0 Å². The van der Waals surface area contributed by atoms with Crippen molar-refractivity contribution in [2.45, 2.75) is 39.2 Å². The van der Waals surface area contributed by atoms with Gasteiger partial charge in [0.2, 0.25) is 0 Å². The van der Waals surface area contributed by atoms with E-state index in [1.807, 2.05) is 4.68 Å². The molecule has 1 aliphatic rings. The number of hydrogen-bond acceptors (Lipinski definition) is 4. The lowest BCUT2D eigenvalue weighted by molar-refractivity contribution is 0.349. The van der Waals surface area contributed by atoms with Gasteiger partial charge in [-0.25, -0.2) is 9.07 Å². The second kappa shape index (κ2) is 4.54. The van der Waals surface area contributed by atoms with Gasteiger partial charge in [0, 0.05) is 5.56 Å². The number of nitrogens with two attached hydrogens (primary N) is 1. The molecule has 1 unspecified atom stereocenters. The third-order valence-electron chi connectivity index (χ3n) is 4.04. The van der Waals surface area contributed by atoms with Gasteiger partial charge in [0.05, 0.1) is 11.7 Å². The van der Waals surface area contributed by atoms with Crippen molar-refractivity contribution in [1.29, 1.82) is 0 Å². The number of benzene rings is 1. The first-order valence-electron chi connectivity index (χ1n) is 6.79. The van der Waals surface area contributed by atoms with E-state index < -0.39 is 5.82 Å². The van der Waals surface area contributed by atoms with E-state index in [0.29, 0.717) is 16.8 Å². The van der Waals surface area contributed by atoms with Crippen LogP contribution >= 0.6 is 0 Å². The molecular weight excluding hydrogens is 257 g/mol. The fourth-order valence-electron chi connectivity index (χ4n) is 2.90. The van der Waals surface area contributed by atoms with Gasteiger partial charge in [-0.3, -0.25) is 0 Å². The summed E-state index contributed by atoms with van der Waals surface area (Å²) in [6.45, 7) is 4.50. The van der Waals surface area contributed by atoms with Crippen molar-refractivity contribution in [1.82, 2.24) is 20.2 Å².